The topological polar surface area (TPSA) is 66.9 Å². The number of thiophene rings is 1. The van der Waals surface area contributed by atoms with E-state index in [1.165, 1.54) is 4.31 Å². The summed E-state index contributed by atoms with van der Waals surface area (Å²) in [4.78, 5) is 14.5. The van der Waals surface area contributed by atoms with Crippen molar-refractivity contribution in [2.45, 2.75) is 10.6 Å². The summed E-state index contributed by atoms with van der Waals surface area (Å²) in [5, 5.41) is 0. The fraction of sp³-hybridized carbons (Fsp3) is 0.261. The molecule has 5 rings (SSSR count). The monoisotopic (exact) mass is 488 g/mol. The molecule has 0 N–H and O–H groups in total. The molecule has 1 fully saturated rings. The van der Waals surface area contributed by atoms with Gasteiger partial charge in [0.25, 0.3) is 15.9 Å². The number of nitrogens with zero attached hydrogens (tertiary/aromatic N) is 2. The standard InChI is InChI=1S/C23H21ClN2O4S2/c24-21-7-8-22(31-21)32(28,29)26-10-9-19-15-18(5-6-20(19)26)16-1-3-17(4-2-16)23(27)25-11-13-30-14-12-25/h1-8,15H,9-14H2. The van der Waals surface area contributed by atoms with Crippen LogP contribution in [0.15, 0.2) is 58.8 Å². The van der Waals surface area contributed by atoms with E-state index in [9.17, 15) is 13.2 Å². The lowest BCUT2D eigenvalue weighted by molar-refractivity contribution is 0.0303. The third-order valence-electron chi connectivity index (χ3n) is 5.79. The molecule has 9 heteroatoms. The Morgan fingerprint density at radius 2 is 1.66 bits per heavy atom. The molecule has 1 amide bonds. The van der Waals surface area contributed by atoms with Gasteiger partial charge in [0, 0.05) is 25.2 Å². The van der Waals surface area contributed by atoms with E-state index < -0.39 is 10.0 Å². The van der Waals surface area contributed by atoms with Crippen molar-refractivity contribution in [2.24, 2.45) is 0 Å². The molecule has 0 spiro atoms. The number of amides is 1. The van der Waals surface area contributed by atoms with E-state index >= 15 is 0 Å². The lowest BCUT2D eigenvalue weighted by atomic mass is 10.0. The molecule has 1 saturated heterocycles. The lowest BCUT2D eigenvalue weighted by Gasteiger charge is -2.26. The molecule has 166 valence electrons. The Morgan fingerprint density at radius 1 is 0.938 bits per heavy atom. The summed E-state index contributed by atoms with van der Waals surface area (Å²) < 4.78 is 33.5. The van der Waals surface area contributed by atoms with E-state index in [1.54, 1.807) is 12.1 Å². The molecule has 0 atom stereocenters. The van der Waals surface area contributed by atoms with Crippen LogP contribution in [0.3, 0.4) is 0 Å². The van der Waals surface area contributed by atoms with Crippen LogP contribution in [0.2, 0.25) is 4.34 Å². The summed E-state index contributed by atoms with van der Waals surface area (Å²) in [5.41, 5.74) is 4.33. The largest absolute Gasteiger partial charge is 0.378 e. The Bertz CT molecular complexity index is 1270. The van der Waals surface area contributed by atoms with Crippen molar-refractivity contribution in [3.63, 3.8) is 0 Å². The Labute approximate surface area is 196 Å². The van der Waals surface area contributed by atoms with Gasteiger partial charge >= 0.3 is 0 Å². The first-order valence-corrected chi connectivity index (χ1v) is 13.0. The van der Waals surface area contributed by atoms with Crippen molar-refractivity contribution >= 4 is 44.6 Å². The van der Waals surface area contributed by atoms with Gasteiger partial charge in [-0.25, -0.2) is 8.42 Å². The average Bonchev–Trinajstić information content (AvgIpc) is 3.46. The van der Waals surface area contributed by atoms with Gasteiger partial charge in [-0.15, -0.1) is 11.3 Å². The first-order chi connectivity index (χ1) is 15.4. The number of anilines is 1. The molecule has 0 bridgehead atoms. The van der Waals surface area contributed by atoms with Crippen molar-refractivity contribution in [3.05, 3.63) is 70.1 Å². The highest BCUT2D eigenvalue weighted by molar-refractivity contribution is 7.94. The van der Waals surface area contributed by atoms with Crippen LogP contribution in [-0.2, 0) is 21.2 Å². The predicted molar refractivity (Wildman–Crippen MR) is 126 cm³/mol. The molecule has 2 aliphatic heterocycles. The third-order valence-corrected chi connectivity index (χ3v) is 9.30. The van der Waals surface area contributed by atoms with Crippen molar-refractivity contribution in [2.75, 3.05) is 37.2 Å². The number of benzene rings is 2. The molecule has 0 unspecified atom stereocenters. The normalized spacial score (nSPS) is 16.3. The Morgan fingerprint density at radius 3 is 2.34 bits per heavy atom. The lowest BCUT2D eigenvalue weighted by Crippen LogP contribution is -2.40. The highest BCUT2D eigenvalue weighted by atomic mass is 35.5. The van der Waals surface area contributed by atoms with E-state index in [4.69, 9.17) is 16.3 Å². The van der Waals surface area contributed by atoms with Crippen LogP contribution in [0, 0.1) is 0 Å². The van der Waals surface area contributed by atoms with Crippen LogP contribution in [0.5, 0.6) is 0 Å². The fourth-order valence-corrected chi connectivity index (χ4v) is 7.20. The molecule has 0 radical (unpaired) electrons. The zero-order valence-electron chi connectivity index (χ0n) is 17.2. The third kappa shape index (κ3) is 3.92. The van der Waals surface area contributed by atoms with Gasteiger partial charge in [-0.3, -0.25) is 9.10 Å². The first-order valence-electron chi connectivity index (χ1n) is 10.3. The minimum absolute atomic E-state index is 0.0170. The number of hydrogen-bond donors (Lipinski definition) is 0. The summed E-state index contributed by atoms with van der Waals surface area (Å²) in [6.07, 6.45) is 0.648. The predicted octanol–water partition coefficient (Wildman–Crippen LogP) is 4.29. The maximum Gasteiger partial charge on any atom is 0.273 e. The van der Waals surface area contributed by atoms with Crippen LogP contribution in [0.4, 0.5) is 5.69 Å². The second kappa shape index (κ2) is 8.51. The van der Waals surface area contributed by atoms with Crippen molar-refractivity contribution in [3.8, 4) is 11.1 Å². The maximum absolute atomic E-state index is 13.0. The molecule has 1 aromatic heterocycles. The summed E-state index contributed by atoms with van der Waals surface area (Å²) in [7, 11) is -3.62. The molecule has 2 aliphatic rings. The minimum atomic E-state index is -3.62. The average molecular weight is 489 g/mol. The molecule has 0 aliphatic carbocycles. The number of carbonyl (C=O) groups is 1. The summed E-state index contributed by atoms with van der Waals surface area (Å²) in [6.45, 7) is 2.78. The second-order valence-electron chi connectivity index (χ2n) is 7.71. The van der Waals surface area contributed by atoms with Gasteiger partial charge in [-0.05, 0) is 59.5 Å². The van der Waals surface area contributed by atoms with Gasteiger partial charge in [0.2, 0.25) is 0 Å². The number of ether oxygens (including phenoxy) is 1. The number of hydrogen-bond acceptors (Lipinski definition) is 5. The quantitative estimate of drug-likeness (QED) is 0.549. The van der Waals surface area contributed by atoms with Crippen LogP contribution in [-0.4, -0.2) is 52.1 Å². The molecular weight excluding hydrogens is 468 g/mol. The SMILES string of the molecule is O=C(c1ccc(-c2ccc3c(c2)CCN3S(=O)(=O)c2ccc(Cl)s2)cc1)N1CCOCC1. The summed E-state index contributed by atoms with van der Waals surface area (Å²) >= 11 is 7.01. The molecule has 6 nitrogen and oxygen atoms in total. The van der Waals surface area contributed by atoms with Crippen LogP contribution in [0.1, 0.15) is 15.9 Å². The molecule has 0 saturated carbocycles. The van der Waals surface area contributed by atoms with Crippen molar-refractivity contribution in [1.82, 2.24) is 4.90 Å². The number of sulfonamides is 1. The maximum atomic E-state index is 13.0. The number of fused-ring (bicyclic) bond motifs is 1. The molecular formula is C23H21ClN2O4S2. The highest BCUT2D eigenvalue weighted by Crippen LogP contribution is 2.38. The molecule has 3 aromatic rings. The second-order valence-corrected chi connectivity index (χ2v) is 11.5. The van der Waals surface area contributed by atoms with E-state index in [0.29, 0.717) is 54.9 Å². The van der Waals surface area contributed by atoms with Crippen LogP contribution >= 0.6 is 22.9 Å². The van der Waals surface area contributed by atoms with Crippen LogP contribution < -0.4 is 4.31 Å². The van der Waals surface area contributed by atoms with Gasteiger partial charge in [-0.1, -0.05) is 29.8 Å². The Hall–Kier alpha value is -2.39. The van der Waals surface area contributed by atoms with Crippen molar-refractivity contribution in [1.29, 1.82) is 0 Å². The Kier molecular flexibility index (Phi) is 5.71. The van der Waals surface area contributed by atoms with Crippen molar-refractivity contribution < 1.29 is 17.9 Å². The van der Waals surface area contributed by atoms with Gasteiger partial charge in [-0.2, -0.15) is 0 Å². The highest BCUT2D eigenvalue weighted by Gasteiger charge is 2.32. The summed E-state index contributed by atoms with van der Waals surface area (Å²) in [5.74, 6) is 0.0170. The first kappa shape index (κ1) is 21.5. The number of morpholine rings is 1. The number of rotatable bonds is 4. The summed E-state index contributed by atoms with van der Waals surface area (Å²) in [6, 6.07) is 16.5. The van der Waals surface area contributed by atoms with Gasteiger partial charge < -0.3 is 9.64 Å². The van der Waals surface area contributed by atoms with E-state index in [1.807, 2.05) is 47.4 Å². The van der Waals surface area contributed by atoms with E-state index in [-0.39, 0.29) is 10.1 Å². The van der Waals surface area contributed by atoms with E-state index in [0.717, 1.165) is 28.0 Å². The van der Waals surface area contributed by atoms with Gasteiger partial charge in [0.1, 0.15) is 4.21 Å². The minimum Gasteiger partial charge on any atom is -0.378 e. The Balaban J connectivity index is 1.37. The smallest absolute Gasteiger partial charge is 0.273 e. The van der Waals surface area contributed by atoms with Gasteiger partial charge in [0.15, 0.2) is 0 Å². The molecule has 2 aromatic carbocycles. The zero-order chi connectivity index (χ0) is 22.3. The zero-order valence-corrected chi connectivity index (χ0v) is 19.5. The number of carbonyl (C=O) groups excluding carboxylic acids is 1. The van der Waals surface area contributed by atoms with Gasteiger partial charge in [0.05, 0.1) is 23.2 Å². The van der Waals surface area contributed by atoms with Crippen LogP contribution in [0.25, 0.3) is 11.1 Å². The van der Waals surface area contributed by atoms with E-state index in [2.05, 4.69) is 0 Å². The fourth-order valence-electron chi connectivity index (χ4n) is 4.10. The molecule has 3 heterocycles. The number of halogens is 1. The molecule has 32 heavy (non-hydrogen) atoms.